The fourth-order valence-electron chi connectivity index (χ4n) is 1.78. The summed E-state index contributed by atoms with van der Waals surface area (Å²) >= 11 is 6.05. The van der Waals surface area contributed by atoms with E-state index in [1.807, 2.05) is 20.8 Å². The number of benzene rings is 1. The molecule has 0 amide bonds. The molecule has 0 saturated heterocycles. The van der Waals surface area contributed by atoms with Crippen molar-refractivity contribution < 1.29 is 9.52 Å². The molecule has 3 nitrogen and oxygen atoms in total. The number of rotatable bonds is 2. The minimum atomic E-state index is 0.0778. The van der Waals surface area contributed by atoms with E-state index in [0.29, 0.717) is 16.5 Å². The minimum absolute atomic E-state index is 0.0778. The molecule has 1 aromatic carbocycles. The van der Waals surface area contributed by atoms with Crippen LogP contribution in [0.2, 0.25) is 5.02 Å². The number of aromatic hydroxyl groups is 1. The maximum atomic E-state index is 9.80. The summed E-state index contributed by atoms with van der Waals surface area (Å²) in [4.78, 5) is 4.39. The number of hydrogen-bond donors (Lipinski definition) is 1. The van der Waals surface area contributed by atoms with Crippen molar-refractivity contribution in [2.75, 3.05) is 0 Å². The van der Waals surface area contributed by atoms with Gasteiger partial charge in [-0.15, -0.1) is 0 Å². The van der Waals surface area contributed by atoms with Crippen LogP contribution >= 0.6 is 11.6 Å². The lowest BCUT2D eigenvalue weighted by Crippen LogP contribution is -1.90. The third-order valence-electron chi connectivity index (χ3n) is 2.58. The maximum Gasteiger partial charge on any atom is 0.231 e. The van der Waals surface area contributed by atoms with Crippen LogP contribution in [-0.4, -0.2) is 10.1 Å². The summed E-state index contributed by atoms with van der Waals surface area (Å²) in [5.74, 6) is 1.48. The Hall–Kier alpha value is -1.48. The molecule has 0 fully saturated rings. The number of oxazole rings is 1. The van der Waals surface area contributed by atoms with E-state index < -0.39 is 0 Å². The maximum absolute atomic E-state index is 9.80. The van der Waals surface area contributed by atoms with Crippen molar-refractivity contribution in [3.8, 4) is 17.2 Å². The van der Waals surface area contributed by atoms with Gasteiger partial charge in [0.15, 0.2) is 0 Å². The smallest absolute Gasteiger partial charge is 0.231 e. The average molecular weight is 252 g/mol. The summed E-state index contributed by atoms with van der Waals surface area (Å²) in [6.07, 6.45) is 0. The largest absolute Gasteiger partial charge is 0.507 e. The molecule has 1 heterocycles. The highest BCUT2D eigenvalue weighted by atomic mass is 35.5. The summed E-state index contributed by atoms with van der Waals surface area (Å²) in [7, 11) is 0. The van der Waals surface area contributed by atoms with Gasteiger partial charge in [0.25, 0.3) is 0 Å². The van der Waals surface area contributed by atoms with Gasteiger partial charge in [-0.25, -0.2) is 4.98 Å². The van der Waals surface area contributed by atoms with E-state index in [2.05, 4.69) is 4.98 Å². The Kier molecular flexibility index (Phi) is 3.11. The summed E-state index contributed by atoms with van der Waals surface area (Å²) < 4.78 is 5.57. The Morgan fingerprint density at radius 2 is 2.06 bits per heavy atom. The first kappa shape index (κ1) is 12.0. The van der Waals surface area contributed by atoms with Crippen molar-refractivity contribution in [3.63, 3.8) is 0 Å². The molecule has 0 unspecified atom stereocenters. The first-order valence-electron chi connectivity index (χ1n) is 5.46. The Labute approximate surface area is 105 Å². The predicted molar refractivity (Wildman–Crippen MR) is 67.4 cm³/mol. The van der Waals surface area contributed by atoms with Gasteiger partial charge in [0.05, 0.1) is 16.3 Å². The lowest BCUT2D eigenvalue weighted by molar-refractivity contribution is 0.471. The normalized spacial score (nSPS) is 11.1. The molecule has 0 radical (unpaired) electrons. The van der Waals surface area contributed by atoms with Gasteiger partial charge in [0.1, 0.15) is 11.5 Å². The molecule has 4 heteroatoms. The van der Waals surface area contributed by atoms with Crippen LogP contribution in [-0.2, 0) is 0 Å². The van der Waals surface area contributed by atoms with Gasteiger partial charge in [-0.2, -0.15) is 0 Å². The van der Waals surface area contributed by atoms with E-state index in [-0.39, 0.29) is 11.7 Å². The molecule has 17 heavy (non-hydrogen) atoms. The second-order valence-electron chi connectivity index (χ2n) is 4.25. The molecule has 1 N–H and O–H groups in total. The first-order chi connectivity index (χ1) is 8.00. The van der Waals surface area contributed by atoms with Crippen LogP contribution in [0.15, 0.2) is 22.6 Å². The van der Waals surface area contributed by atoms with E-state index in [4.69, 9.17) is 16.0 Å². The molecule has 2 aromatic rings. The number of aromatic nitrogens is 1. The van der Waals surface area contributed by atoms with Gasteiger partial charge in [-0.1, -0.05) is 31.5 Å². The van der Waals surface area contributed by atoms with E-state index in [0.717, 1.165) is 11.5 Å². The number of hydrogen-bond acceptors (Lipinski definition) is 3. The molecule has 1 aromatic heterocycles. The monoisotopic (exact) mass is 251 g/mol. The molecule has 0 aliphatic carbocycles. The van der Waals surface area contributed by atoms with Crippen LogP contribution in [0.25, 0.3) is 11.5 Å². The minimum Gasteiger partial charge on any atom is -0.507 e. The van der Waals surface area contributed by atoms with E-state index in [9.17, 15) is 5.11 Å². The van der Waals surface area contributed by atoms with Crippen molar-refractivity contribution in [2.45, 2.75) is 26.7 Å². The Bertz CT molecular complexity index is 526. The Balaban J connectivity index is 2.58. The van der Waals surface area contributed by atoms with Gasteiger partial charge < -0.3 is 9.52 Å². The van der Waals surface area contributed by atoms with Crippen LogP contribution in [0.5, 0.6) is 5.75 Å². The quantitative estimate of drug-likeness (QED) is 0.873. The molecule has 2 rings (SSSR count). The number of aryl methyl sites for hydroxylation is 1. The number of halogens is 1. The van der Waals surface area contributed by atoms with Crippen LogP contribution in [0, 0.1) is 6.92 Å². The average Bonchev–Trinajstić information content (AvgIpc) is 2.60. The van der Waals surface area contributed by atoms with Crippen molar-refractivity contribution >= 4 is 11.6 Å². The van der Waals surface area contributed by atoms with Gasteiger partial charge >= 0.3 is 0 Å². The second-order valence-corrected chi connectivity index (χ2v) is 4.66. The van der Waals surface area contributed by atoms with E-state index in [1.54, 1.807) is 18.2 Å². The zero-order valence-electron chi connectivity index (χ0n) is 9.99. The van der Waals surface area contributed by atoms with Gasteiger partial charge in [-0.3, -0.25) is 0 Å². The SMILES string of the molecule is Cc1oc(-c2c(O)cccc2Cl)nc1C(C)C. The van der Waals surface area contributed by atoms with E-state index >= 15 is 0 Å². The third-order valence-corrected chi connectivity index (χ3v) is 2.90. The van der Waals surface area contributed by atoms with Gasteiger partial charge in [0, 0.05) is 0 Å². The lowest BCUT2D eigenvalue weighted by Gasteiger charge is -2.01. The van der Waals surface area contributed by atoms with Crippen LogP contribution in [0.4, 0.5) is 0 Å². The molecule has 90 valence electrons. The second kappa shape index (κ2) is 4.41. The van der Waals surface area contributed by atoms with Crippen molar-refractivity contribution in [1.29, 1.82) is 0 Å². The molecule has 0 aliphatic heterocycles. The standard InChI is InChI=1S/C13H14ClNO2/c1-7(2)12-8(3)17-13(15-12)11-9(14)5-4-6-10(11)16/h4-7,16H,1-3H3. The van der Waals surface area contributed by atoms with Crippen molar-refractivity contribution in [2.24, 2.45) is 0 Å². The molecule has 0 atom stereocenters. The molecule has 0 saturated carbocycles. The van der Waals surface area contributed by atoms with Crippen LogP contribution < -0.4 is 0 Å². The highest BCUT2D eigenvalue weighted by Gasteiger charge is 2.18. The topological polar surface area (TPSA) is 46.3 Å². The van der Waals surface area contributed by atoms with Crippen molar-refractivity contribution in [3.05, 3.63) is 34.7 Å². The van der Waals surface area contributed by atoms with Gasteiger partial charge in [-0.05, 0) is 25.0 Å². The van der Waals surface area contributed by atoms with Crippen LogP contribution in [0.3, 0.4) is 0 Å². The lowest BCUT2D eigenvalue weighted by atomic mass is 10.1. The molecule has 0 aliphatic rings. The third kappa shape index (κ3) is 2.15. The summed E-state index contributed by atoms with van der Waals surface area (Å²) in [5.41, 5.74) is 1.34. The molecule has 0 bridgehead atoms. The number of phenols is 1. The Morgan fingerprint density at radius 3 is 2.59 bits per heavy atom. The number of phenolic OH excluding ortho intramolecular Hbond substituents is 1. The summed E-state index contributed by atoms with van der Waals surface area (Å²) in [6, 6.07) is 4.95. The fraction of sp³-hybridized carbons (Fsp3) is 0.308. The number of nitrogens with zero attached hydrogens (tertiary/aromatic N) is 1. The summed E-state index contributed by atoms with van der Waals surface area (Å²) in [5, 5.41) is 10.2. The summed E-state index contributed by atoms with van der Waals surface area (Å²) in [6.45, 7) is 5.95. The zero-order valence-corrected chi connectivity index (χ0v) is 10.7. The van der Waals surface area contributed by atoms with E-state index in [1.165, 1.54) is 0 Å². The highest BCUT2D eigenvalue weighted by Crippen LogP contribution is 2.36. The van der Waals surface area contributed by atoms with Gasteiger partial charge in [0.2, 0.25) is 5.89 Å². The Morgan fingerprint density at radius 1 is 1.35 bits per heavy atom. The molecular weight excluding hydrogens is 238 g/mol. The molecular formula is C13H14ClNO2. The van der Waals surface area contributed by atoms with Crippen molar-refractivity contribution in [1.82, 2.24) is 4.98 Å². The molecule has 0 spiro atoms. The first-order valence-corrected chi connectivity index (χ1v) is 5.83. The van der Waals surface area contributed by atoms with Crippen LogP contribution in [0.1, 0.15) is 31.2 Å². The highest BCUT2D eigenvalue weighted by molar-refractivity contribution is 6.33. The zero-order chi connectivity index (χ0) is 12.6. The predicted octanol–water partition coefficient (Wildman–Crippen LogP) is 4.13. The fourth-order valence-corrected chi connectivity index (χ4v) is 2.03.